The average molecular weight is 495 g/mol. The van der Waals surface area contributed by atoms with Crippen LogP contribution < -0.4 is 4.90 Å². The largest absolute Gasteiger partial charge is 0.378 e. The summed E-state index contributed by atoms with van der Waals surface area (Å²) in [4.78, 5) is 26.9. The molecule has 1 aliphatic heterocycles. The van der Waals surface area contributed by atoms with E-state index in [9.17, 15) is 9.18 Å². The Balaban J connectivity index is 1.42. The highest BCUT2D eigenvalue weighted by Crippen LogP contribution is 2.40. The molecule has 0 N–H and O–H groups in total. The second-order valence-electron chi connectivity index (χ2n) is 9.13. The molecule has 5 rings (SSSR count). The minimum Gasteiger partial charge on any atom is -0.378 e. The Morgan fingerprint density at radius 2 is 1.83 bits per heavy atom. The van der Waals surface area contributed by atoms with Gasteiger partial charge in [-0.1, -0.05) is 23.7 Å². The monoisotopic (exact) mass is 494 g/mol. The minimum atomic E-state index is -0.347. The molecule has 2 fully saturated rings. The molecular weight excluding hydrogens is 467 g/mol. The molecule has 2 aliphatic rings. The normalized spacial score (nSPS) is 16.0. The number of hydrogen-bond acceptors (Lipinski definition) is 5. The Morgan fingerprint density at radius 3 is 2.49 bits per heavy atom. The van der Waals surface area contributed by atoms with Crippen molar-refractivity contribution in [1.29, 1.82) is 0 Å². The molecule has 35 heavy (non-hydrogen) atoms. The first-order chi connectivity index (χ1) is 17.0. The molecule has 0 atom stereocenters. The average Bonchev–Trinajstić information content (AvgIpc) is 3.71. The summed E-state index contributed by atoms with van der Waals surface area (Å²) < 4.78 is 18.8. The van der Waals surface area contributed by atoms with Crippen molar-refractivity contribution < 1.29 is 13.9 Å². The summed E-state index contributed by atoms with van der Waals surface area (Å²) in [6.07, 6.45) is 2.87. The smallest absolute Gasteiger partial charge is 0.253 e. The molecule has 0 spiro atoms. The van der Waals surface area contributed by atoms with Gasteiger partial charge in [-0.2, -0.15) is 0 Å². The zero-order valence-corrected chi connectivity index (χ0v) is 20.5. The van der Waals surface area contributed by atoms with Crippen LogP contribution in [-0.4, -0.2) is 54.1 Å². The summed E-state index contributed by atoms with van der Waals surface area (Å²) >= 11 is 6.26. The van der Waals surface area contributed by atoms with Gasteiger partial charge in [0, 0.05) is 61.8 Å². The second kappa shape index (κ2) is 10.3. The Hall–Kier alpha value is -3.03. The van der Waals surface area contributed by atoms with Gasteiger partial charge in [0.25, 0.3) is 5.91 Å². The Kier molecular flexibility index (Phi) is 6.97. The van der Waals surface area contributed by atoms with E-state index in [0.29, 0.717) is 55.7 Å². The zero-order chi connectivity index (χ0) is 24.4. The van der Waals surface area contributed by atoms with Crippen LogP contribution in [0.1, 0.15) is 51.8 Å². The Morgan fingerprint density at radius 1 is 1.09 bits per heavy atom. The number of benzene rings is 2. The topological polar surface area (TPSA) is 58.6 Å². The molecule has 1 saturated carbocycles. The van der Waals surface area contributed by atoms with Gasteiger partial charge in [0.2, 0.25) is 0 Å². The van der Waals surface area contributed by atoms with Crippen LogP contribution in [0.3, 0.4) is 0 Å². The van der Waals surface area contributed by atoms with Gasteiger partial charge in [-0.3, -0.25) is 4.79 Å². The van der Waals surface area contributed by atoms with Crippen molar-refractivity contribution in [3.63, 3.8) is 0 Å². The van der Waals surface area contributed by atoms with E-state index in [1.165, 1.54) is 24.3 Å². The molecule has 182 valence electrons. The first-order valence-electron chi connectivity index (χ1n) is 11.9. The Labute approximate surface area is 209 Å². The number of carbonyl (C=O) groups is 1. The number of ether oxygens (including phenoxy) is 1. The van der Waals surface area contributed by atoms with Crippen LogP contribution in [0.5, 0.6) is 0 Å². The third-order valence-electron chi connectivity index (χ3n) is 6.54. The fourth-order valence-corrected chi connectivity index (χ4v) is 4.72. The highest BCUT2D eigenvalue weighted by molar-refractivity contribution is 6.30. The van der Waals surface area contributed by atoms with Gasteiger partial charge >= 0.3 is 0 Å². The molecule has 2 aromatic carbocycles. The predicted octanol–water partition coefficient (Wildman–Crippen LogP) is 4.85. The first-order valence-corrected chi connectivity index (χ1v) is 12.3. The maximum absolute atomic E-state index is 13.3. The molecule has 1 aromatic heterocycles. The highest BCUT2D eigenvalue weighted by atomic mass is 35.5. The third kappa shape index (κ3) is 5.46. The third-order valence-corrected chi connectivity index (χ3v) is 6.77. The number of methoxy groups -OCH3 is 1. The Bertz CT molecular complexity index is 1210. The van der Waals surface area contributed by atoms with E-state index >= 15 is 0 Å². The molecule has 1 aliphatic carbocycles. The van der Waals surface area contributed by atoms with Crippen molar-refractivity contribution in [2.75, 3.05) is 38.2 Å². The number of anilines is 1. The molecule has 3 aromatic rings. The number of carbonyl (C=O) groups excluding carboxylic acids is 1. The SMILES string of the molecule is COCc1nc(C2CC2)nc(N2CCN(C(=O)c3ccc(F)cc3)CC2)c1Cc1cccc(Cl)c1. The number of piperazine rings is 1. The van der Waals surface area contributed by atoms with Gasteiger partial charge in [-0.25, -0.2) is 14.4 Å². The molecule has 0 unspecified atom stereocenters. The fourth-order valence-electron chi connectivity index (χ4n) is 4.51. The van der Waals surface area contributed by atoms with Crippen LogP contribution in [0.25, 0.3) is 0 Å². The molecule has 8 heteroatoms. The molecule has 1 amide bonds. The van der Waals surface area contributed by atoms with Crippen molar-refractivity contribution in [2.24, 2.45) is 0 Å². The van der Waals surface area contributed by atoms with Crippen LogP contribution in [0.4, 0.5) is 10.2 Å². The molecule has 6 nitrogen and oxygen atoms in total. The molecule has 1 saturated heterocycles. The predicted molar refractivity (Wildman–Crippen MR) is 133 cm³/mol. The summed E-state index contributed by atoms with van der Waals surface area (Å²) in [6, 6.07) is 13.6. The maximum Gasteiger partial charge on any atom is 0.253 e. The van der Waals surface area contributed by atoms with E-state index in [2.05, 4.69) is 11.0 Å². The summed E-state index contributed by atoms with van der Waals surface area (Å²) in [5, 5.41) is 0.695. The summed E-state index contributed by atoms with van der Waals surface area (Å²) in [5.74, 6) is 1.78. The molecule has 0 bridgehead atoms. The quantitative estimate of drug-likeness (QED) is 0.470. The highest BCUT2D eigenvalue weighted by Gasteiger charge is 2.31. The number of amides is 1. The summed E-state index contributed by atoms with van der Waals surface area (Å²) in [7, 11) is 1.68. The van der Waals surface area contributed by atoms with E-state index in [4.69, 9.17) is 26.3 Å². The lowest BCUT2D eigenvalue weighted by Gasteiger charge is -2.36. The van der Waals surface area contributed by atoms with Crippen molar-refractivity contribution >= 4 is 23.3 Å². The van der Waals surface area contributed by atoms with Gasteiger partial charge in [-0.15, -0.1) is 0 Å². The van der Waals surface area contributed by atoms with Crippen LogP contribution in [0.2, 0.25) is 5.02 Å². The van der Waals surface area contributed by atoms with E-state index in [0.717, 1.165) is 41.3 Å². The van der Waals surface area contributed by atoms with E-state index in [1.807, 2.05) is 23.1 Å². The van der Waals surface area contributed by atoms with E-state index in [-0.39, 0.29) is 11.7 Å². The van der Waals surface area contributed by atoms with Crippen LogP contribution in [0, 0.1) is 5.82 Å². The van der Waals surface area contributed by atoms with Crippen LogP contribution in [0.15, 0.2) is 48.5 Å². The molecule has 0 radical (unpaired) electrons. The lowest BCUT2D eigenvalue weighted by atomic mass is 10.0. The number of nitrogens with zero attached hydrogens (tertiary/aromatic N) is 4. The number of hydrogen-bond donors (Lipinski definition) is 0. The van der Waals surface area contributed by atoms with E-state index < -0.39 is 0 Å². The summed E-state index contributed by atoms with van der Waals surface area (Å²) in [5.41, 5.74) is 3.53. The van der Waals surface area contributed by atoms with Gasteiger partial charge in [0.1, 0.15) is 17.5 Å². The lowest BCUT2D eigenvalue weighted by Crippen LogP contribution is -2.49. The van der Waals surface area contributed by atoms with Crippen molar-refractivity contribution in [2.45, 2.75) is 31.8 Å². The fraction of sp³-hybridized carbons (Fsp3) is 0.370. The lowest BCUT2D eigenvalue weighted by molar-refractivity contribution is 0.0746. The van der Waals surface area contributed by atoms with Gasteiger partial charge in [-0.05, 0) is 54.8 Å². The van der Waals surface area contributed by atoms with Crippen LogP contribution in [-0.2, 0) is 17.8 Å². The maximum atomic E-state index is 13.3. The number of aromatic nitrogens is 2. The zero-order valence-electron chi connectivity index (χ0n) is 19.7. The van der Waals surface area contributed by atoms with Gasteiger partial charge in [0.05, 0.1) is 12.3 Å². The number of rotatable bonds is 7. The van der Waals surface area contributed by atoms with Gasteiger partial charge < -0.3 is 14.5 Å². The van der Waals surface area contributed by atoms with Crippen LogP contribution >= 0.6 is 11.6 Å². The van der Waals surface area contributed by atoms with Crippen molar-refractivity contribution in [1.82, 2.24) is 14.9 Å². The number of halogens is 2. The van der Waals surface area contributed by atoms with E-state index in [1.54, 1.807) is 7.11 Å². The van der Waals surface area contributed by atoms with Crippen molar-refractivity contribution in [3.8, 4) is 0 Å². The van der Waals surface area contributed by atoms with Crippen molar-refractivity contribution in [3.05, 3.63) is 87.6 Å². The molecular formula is C27H28ClFN4O2. The standard InChI is InChI=1S/C27H28ClFN4O2/c1-35-17-24-23(16-18-3-2-4-21(28)15-18)26(31-25(30-24)19-5-6-19)32-11-13-33(14-12-32)27(34)20-7-9-22(29)10-8-20/h2-4,7-10,15,19H,5-6,11-14,16-17H2,1H3. The minimum absolute atomic E-state index is 0.0785. The molecule has 2 heterocycles. The summed E-state index contributed by atoms with van der Waals surface area (Å²) in [6.45, 7) is 2.85. The first kappa shape index (κ1) is 23.7. The second-order valence-corrected chi connectivity index (χ2v) is 9.57. The van der Waals surface area contributed by atoms with Gasteiger partial charge in [0.15, 0.2) is 0 Å².